The van der Waals surface area contributed by atoms with E-state index in [9.17, 15) is 27.1 Å². The van der Waals surface area contributed by atoms with Gasteiger partial charge in [-0.1, -0.05) is 17.7 Å². The first-order valence-electron chi connectivity index (χ1n) is 7.45. The number of aromatic nitrogens is 3. The summed E-state index contributed by atoms with van der Waals surface area (Å²) < 4.78 is 71.0. The van der Waals surface area contributed by atoms with Crippen molar-refractivity contribution in [1.29, 1.82) is 0 Å². The van der Waals surface area contributed by atoms with Gasteiger partial charge in [0, 0.05) is 5.56 Å². The molecule has 1 unspecified atom stereocenters. The highest BCUT2D eigenvalue weighted by molar-refractivity contribution is 6.31. The van der Waals surface area contributed by atoms with Crippen LogP contribution in [0.4, 0.5) is 22.0 Å². The topological polar surface area (TPSA) is 60.2 Å². The third-order valence-electron chi connectivity index (χ3n) is 4.55. The molecule has 2 aromatic rings. The summed E-state index contributed by atoms with van der Waals surface area (Å²) in [4.78, 5) is 3.66. The molecular weight excluding hydrogens is 385 g/mol. The molecule has 3 rings (SSSR count). The van der Waals surface area contributed by atoms with E-state index in [2.05, 4.69) is 14.8 Å². The summed E-state index contributed by atoms with van der Waals surface area (Å²) in [5, 5.41) is 14.6. The Labute approximate surface area is 149 Å². The zero-order valence-corrected chi connectivity index (χ0v) is 13.8. The van der Waals surface area contributed by atoms with Gasteiger partial charge in [0.15, 0.2) is 0 Å². The van der Waals surface area contributed by atoms with E-state index in [0.717, 1.165) is 29.2 Å². The highest BCUT2D eigenvalue weighted by Gasteiger charge is 2.74. The van der Waals surface area contributed by atoms with Crippen molar-refractivity contribution in [2.45, 2.75) is 37.8 Å². The van der Waals surface area contributed by atoms with Crippen LogP contribution in [0.15, 0.2) is 30.9 Å². The van der Waals surface area contributed by atoms with Crippen molar-refractivity contribution >= 4 is 11.6 Å². The normalized spacial score (nSPS) is 18.6. The highest BCUT2D eigenvalue weighted by atomic mass is 35.5. The standard InChI is InChI=1S/C15H13ClF5N3O2/c16-11-5-9(26-12(17)18)1-2-10(11)14(25,6-24-8-22-7-23-24)13(3-4-13)15(19,20)21/h1-2,5,7-8,12,25H,3-4,6H2. The minimum Gasteiger partial charge on any atom is -0.435 e. The van der Waals surface area contributed by atoms with Gasteiger partial charge in [0.25, 0.3) is 0 Å². The van der Waals surface area contributed by atoms with E-state index < -0.39 is 30.3 Å². The summed E-state index contributed by atoms with van der Waals surface area (Å²) in [7, 11) is 0. The molecule has 1 heterocycles. The molecule has 26 heavy (non-hydrogen) atoms. The maximum Gasteiger partial charge on any atom is 0.397 e. The molecule has 1 aromatic carbocycles. The van der Waals surface area contributed by atoms with Crippen LogP contribution in [0.3, 0.4) is 0 Å². The van der Waals surface area contributed by atoms with Crippen molar-refractivity contribution in [3.05, 3.63) is 41.4 Å². The van der Waals surface area contributed by atoms with E-state index in [1.807, 2.05) is 0 Å². The lowest BCUT2D eigenvalue weighted by molar-refractivity contribution is -0.250. The molecule has 1 aliphatic rings. The summed E-state index contributed by atoms with van der Waals surface area (Å²) >= 11 is 6.02. The van der Waals surface area contributed by atoms with Crippen molar-refractivity contribution in [3.8, 4) is 5.75 Å². The number of benzene rings is 1. The van der Waals surface area contributed by atoms with Crippen LogP contribution in [0, 0.1) is 5.41 Å². The van der Waals surface area contributed by atoms with Crippen LogP contribution in [-0.4, -0.2) is 32.7 Å². The largest absolute Gasteiger partial charge is 0.435 e. The fourth-order valence-corrected chi connectivity index (χ4v) is 3.43. The minimum atomic E-state index is -4.70. The molecule has 0 bridgehead atoms. The van der Waals surface area contributed by atoms with Gasteiger partial charge >= 0.3 is 12.8 Å². The molecule has 0 amide bonds. The number of ether oxygens (including phenoxy) is 1. The fourth-order valence-electron chi connectivity index (χ4n) is 3.11. The third-order valence-corrected chi connectivity index (χ3v) is 4.87. The molecule has 5 nitrogen and oxygen atoms in total. The number of hydrogen-bond donors (Lipinski definition) is 1. The molecular formula is C15H13ClF5N3O2. The van der Waals surface area contributed by atoms with Crippen LogP contribution in [0.5, 0.6) is 5.75 Å². The van der Waals surface area contributed by atoms with E-state index in [1.165, 1.54) is 6.33 Å². The summed E-state index contributed by atoms with van der Waals surface area (Å²) in [5.74, 6) is -0.325. The van der Waals surface area contributed by atoms with Gasteiger partial charge in [0.1, 0.15) is 29.4 Å². The van der Waals surface area contributed by atoms with E-state index in [0.29, 0.717) is 0 Å². The van der Waals surface area contributed by atoms with Crippen molar-refractivity contribution in [2.24, 2.45) is 5.41 Å². The molecule has 11 heteroatoms. The van der Waals surface area contributed by atoms with Gasteiger partial charge in [0.2, 0.25) is 0 Å². The van der Waals surface area contributed by atoms with Gasteiger partial charge in [-0.3, -0.25) is 0 Å². The Kier molecular flexibility index (Phi) is 4.60. The predicted octanol–water partition coefficient (Wildman–Crippen LogP) is 3.76. The van der Waals surface area contributed by atoms with Crippen LogP contribution in [0.25, 0.3) is 0 Å². The molecule has 1 saturated carbocycles. The van der Waals surface area contributed by atoms with E-state index in [4.69, 9.17) is 11.6 Å². The number of alkyl halides is 5. The molecule has 0 radical (unpaired) electrons. The Morgan fingerprint density at radius 2 is 2.00 bits per heavy atom. The van der Waals surface area contributed by atoms with Gasteiger partial charge < -0.3 is 9.84 Å². The molecule has 1 aromatic heterocycles. The lowest BCUT2D eigenvalue weighted by atomic mass is 9.77. The first-order valence-corrected chi connectivity index (χ1v) is 7.83. The Morgan fingerprint density at radius 1 is 1.31 bits per heavy atom. The molecule has 1 N–H and O–H groups in total. The molecule has 0 saturated heterocycles. The monoisotopic (exact) mass is 397 g/mol. The number of aliphatic hydroxyl groups is 1. The molecule has 1 aliphatic carbocycles. The van der Waals surface area contributed by atoms with Gasteiger partial charge in [0.05, 0.1) is 11.6 Å². The lowest BCUT2D eigenvalue weighted by Gasteiger charge is -2.38. The first kappa shape index (κ1) is 18.8. The molecule has 1 atom stereocenters. The molecule has 1 fully saturated rings. The smallest absolute Gasteiger partial charge is 0.397 e. The van der Waals surface area contributed by atoms with Crippen molar-refractivity contribution in [2.75, 3.05) is 0 Å². The Hall–Kier alpha value is -1.94. The average Bonchev–Trinajstić information content (AvgIpc) is 3.21. The number of rotatable bonds is 6. The summed E-state index contributed by atoms with van der Waals surface area (Å²) in [6, 6.07) is 3.04. The summed E-state index contributed by atoms with van der Waals surface area (Å²) in [5.41, 5.74) is -5.12. The van der Waals surface area contributed by atoms with Crippen molar-refractivity contribution in [1.82, 2.24) is 14.8 Å². The average molecular weight is 398 g/mol. The van der Waals surface area contributed by atoms with Crippen LogP contribution in [0.1, 0.15) is 18.4 Å². The Bertz CT molecular complexity index is 780. The minimum absolute atomic E-state index is 0.244. The predicted molar refractivity (Wildman–Crippen MR) is 79.7 cm³/mol. The van der Waals surface area contributed by atoms with Gasteiger partial charge in [-0.25, -0.2) is 9.67 Å². The van der Waals surface area contributed by atoms with E-state index in [1.54, 1.807) is 0 Å². The molecule has 142 valence electrons. The maximum absolute atomic E-state index is 13.7. The van der Waals surface area contributed by atoms with Crippen LogP contribution >= 0.6 is 11.6 Å². The van der Waals surface area contributed by atoms with Gasteiger partial charge in [-0.2, -0.15) is 27.1 Å². The van der Waals surface area contributed by atoms with E-state index in [-0.39, 0.29) is 29.2 Å². The second-order valence-electron chi connectivity index (χ2n) is 6.05. The van der Waals surface area contributed by atoms with Crippen molar-refractivity contribution < 1.29 is 31.8 Å². The van der Waals surface area contributed by atoms with Crippen LogP contribution < -0.4 is 4.74 Å². The second kappa shape index (κ2) is 6.34. The Balaban J connectivity index is 2.07. The second-order valence-corrected chi connectivity index (χ2v) is 6.46. The third kappa shape index (κ3) is 3.11. The molecule has 0 aliphatic heterocycles. The number of hydrogen-bond acceptors (Lipinski definition) is 4. The fraction of sp³-hybridized carbons (Fsp3) is 0.467. The highest BCUT2D eigenvalue weighted by Crippen LogP contribution is 2.67. The first-order chi connectivity index (χ1) is 12.1. The maximum atomic E-state index is 13.7. The van der Waals surface area contributed by atoms with Crippen LogP contribution in [0.2, 0.25) is 5.02 Å². The lowest BCUT2D eigenvalue weighted by Crippen LogP contribution is -2.49. The number of nitrogens with zero attached hydrogens (tertiary/aromatic N) is 3. The van der Waals surface area contributed by atoms with Gasteiger partial charge in [-0.15, -0.1) is 0 Å². The zero-order valence-electron chi connectivity index (χ0n) is 13.1. The SMILES string of the molecule is OC(Cn1cncn1)(c1ccc(OC(F)F)cc1Cl)C1(C(F)(F)F)CC1. The zero-order chi connectivity index (χ0) is 19.2. The van der Waals surface area contributed by atoms with Crippen LogP contribution in [-0.2, 0) is 12.1 Å². The van der Waals surface area contributed by atoms with E-state index >= 15 is 0 Å². The van der Waals surface area contributed by atoms with Gasteiger partial charge in [-0.05, 0) is 25.0 Å². The number of halogens is 6. The summed E-state index contributed by atoms with van der Waals surface area (Å²) in [6.45, 7) is -3.67. The quantitative estimate of drug-likeness (QED) is 0.754. The summed E-state index contributed by atoms with van der Waals surface area (Å²) in [6.07, 6.45) is -3.02. The molecule has 0 spiro atoms. The van der Waals surface area contributed by atoms with Crippen molar-refractivity contribution in [3.63, 3.8) is 0 Å². The Morgan fingerprint density at radius 3 is 2.46 bits per heavy atom.